The highest BCUT2D eigenvalue weighted by Gasteiger charge is 2.47. The maximum atomic E-state index is 13.1. The summed E-state index contributed by atoms with van der Waals surface area (Å²) in [6.07, 6.45) is 3.07. The lowest BCUT2D eigenvalue weighted by molar-refractivity contribution is -0.132. The summed E-state index contributed by atoms with van der Waals surface area (Å²) in [5, 5.41) is 20.6. The molecular weight excluding hydrogens is 430 g/mol. The number of aromatic nitrogens is 1. The van der Waals surface area contributed by atoms with Crippen molar-refractivity contribution in [3.63, 3.8) is 0 Å². The number of amides is 1. The van der Waals surface area contributed by atoms with Crippen molar-refractivity contribution in [2.24, 2.45) is 0 Å². The van der Waals surface area contributed by atoms with Gasteiger partial charge in [-0.3, -0.25) is 19.5 Å². The second-order valence-corrected chi connectivity index (χ2v) is 7.39. The zero-order chi connectivity index (χ0) is 22.8. The molecule has 0 radical (unpaired) electrons. The Hall–Kier alpha value is -4.15. The average Bonchev–Trinajstić information content (AvgIpc) is 3.09. The highest BCUT2D eigenvalue weighted by atomic mass is 35.5. The van der Waals surface area contributed by atoms with Gasteiger partial charge in [-0.25, -0.2) is 0 Å². The molecule has 1 aliphatic rings. The summed E-state index contributed by atoms with van der Waals surface area (Å²) in [4.78, 5) is 31.5. The van der Waals surface area contributed by atoms with Crippen molar-refractivity contribution in [3.8, 4) is 11.8 Å². The lowest BCUT2D eigenvalue weighted by Crippen LogP contribution is -2.29. The van der Waals surface area contributed by atoms with Gasteiger partial charge in [0.1, 0.15) is 11.5 Å². The number of anilines is 1. The van der Waals surface area contributed by atoms with Crippen LogP contribution in [0, 0.1) is 11.3 Å². The number of nitrogens with zero attached hydrogens (tertiary/aromatic N) is 3. The Morgan fingerprint density at radius 1 is 1.12 bits per heavy atom. The first-order valence-corrected chi connectivity index (χ1v) is 9.89. The number of hydrogen-bond donors (Lipinski definition) is 1. The Kier molecular flexibility index (Phi) is 5.63. The number of rotatable bonds is 4. The van der Waals surface area contributed by atoms with Gasteiger partial charge in [-0.15, -0.1) is 0 Å². The molecule has 1 atom stereocenters. The van der Waals surface area contributed by atoms with E-state index in [4.69, 9.17) is 21.6 Å². The van der Waals surface area contributed by atoms with Crippen LogP contribution in [-0.2, 0) is 9.59 Å². The lowest BCUT2D eigenvalue weighted by atomic mass is 9.95. The van der Waals surface area contributed by atoms with Gasteiger partial charge in [-0.1, -0.05) is 11.6 Å². The van der Waals surface area contributed by atoms with Crippen LogP contribution in [-0.4, -0.2) is 28.9 Å². The van der Waals surface area contributed by atoms with Gasteiger partial charge in [0.25, 0.3) is 11.7 Å². The predicted octanol–water partition coefficient (Wildman–Crippen LogP) is 4.24. The number of benzene rings is 2. The molecule has 158 valence electrons. The van der Waals surface area contributed by atoms with Gasteiger partial charge >= 0.3 is 0 Å². The SMILES string of the molecule is COc1ccc(Cl)cc1/C(O)=C1\C(=O)C(=O)N(c2ccc(C#N)cc2)C1c1ccncc1. The van der Waals surface area contributed by atoms with Crippen LogP contribution in [0.2, 0.25) is 5.02 Å². The first-order chi connectivity index (χ1) is 15.5. The second kappa shape index (κ2) is 8.53. The molecule has 4 rings (SSSR count). The molecule has 2 aromatic carbocycles. The van der Waals surface area contributed by atoms with Gasteiger partial charge in [0, 0.05) is 23.1 Å². The van der Waals surface area contributed by atoms with Gasteiger partial charge in [0.15, 0.2) is 0 Å². The summed E-state index contributed by atoms with van der Waals surface area (Å²) in [5.74, 6) is -1.76. The van der Waals surface area contributed by atoms with Crippen LogP contribution in [0.15, 0.2) is 72.6 Å². The van der Waals surface area contributed by atoms with Gasteiger partial charge in [-0.05, 0) is 60.2 Å². The molecule has 1 fully saturated rings. The molecule has 1 aromatic heterocycles. The van der Waals surface area contributed by atoms with E-state index in [1.54, 1.807) is 48.5 Å². The number of aliphatic hydroxyl groups is 1. The van der Waals surface area contributed by atoms with E-state index < -0.39 is 23.5 Å². The fourth-order valence-electron chi connectivity index (χ4n) is 3.67. The number of pyridine rings is 1. The molecule has 8 heteroatoms. The highest BCUT2D eigenvalue weighted by molar-refractivity contribution is 6.51. The zero-order valence-electron chi connectivity index (χ0n) is 16.8. The predicted molar refractivity (Wildman–Crippen MR) is 118 cm³/mol. The monoisotopic (exact) mass is 445 g/mol. The van der Waals surface area contributed by atoms with Crippen LogP contribution in [0.5, 0.6) is 5.75 Å². The topological polar surface area (TPSA) is 104 Å². The van der Waals surface area contributed by atoms with Crippen molar-refractivity contribution in [2.45, 2.75) is 6.04 Å². The third kappa shape index (κ3) is 3.57. The molecule has 1 amide bonds. The number of ketones is 1. The van der Waals surface area contributed by atoms with Gasteiger partial charge in [-0.2, -0.15) is 5.26 Å². The van der Waals surface area contributed by atoms with E-state index >= 15 is 0 Å². The fourth-order valence-corrected chi connectivity index (χ4v) is 3.84. The third-order valence-corrected chi connectivity index (χ3v) is 5.39. The number of hydrogen-bond acceptors (Lipinski definition) is 6. The number of ether oxygens (including phenoxy) is 1. The van der Waals surface area contributed by atoms with Crippen molar-refractivity contribution in [2.75, 3.05) is 12.0 Å². The molecule has 7 nitrogen and oxygen atoms in total. The number of methoxy groups -OCH3 is 1. The molecular formula is C24H16ClN3O4. The Balaban J connectivity index is 1.96. The van der Waals surface area contributed by atoms with Crippen molar-refractivity contribution < 1.29 is 19.4 Å². The van der Waals surface area contributed by atoms with E-state index in [1.807, 2.05) is 6.07 Å². The van der Waals surface area contributed by atoms with E-state index in [0.717, 1.165) is 0 Å². The largest absolute Gasteiger partial charge is 0.507 e. The van der Waals surface area contributed by atoms with E-state index in [9.17, 15) is 14.7 Å². The molecule has 1 saturated heterocycles. The number of aliphatic hydroxyl groups excluding tert-OH is 1. The summed E-state index contributed by atoms with van der Waals surface area (Å²) in [6.45, 7) is 0. The number of carbonyl (C=O) groups is 2. The Bertz CT molecular complexity index is 1280. The van der Waals surface area contributed by atoms with Gasteiger partial charge in [0.2, 0.25) is 0 Å². The average molecular weight is 446 g/mol. The third-order valence-electron chi connectivity index (χ3n) is 5.16. The summed E-state index contributed by atoms with van der Waals surface area (Å²) >= 11 is 6.11. The number of halogens is 1. The summed E-state index contributed by atoms with van der Waals surface area (Å²) in [6, 6.07) is 15.3. The van der Waals surface area contributed by atoms with Crippen LogP contribution in [0.4, 0.5) is 5.69 Å². The lowest BCUT2D eigenvalue weighted by Gasteiger charge is -2.25. The maximum Gasteiger partial charge on any atom is 0.300 e. The summed E-state index contributed by atoms with van der Waals surface area (Å²) in [7, 11) is 1.43. The summed E-state index contributed by atoms with van der Waals surface area (Å²) in [5.41, 5.74) is 1.48. The Morgan fingerprint density at radius 3 is 2.44 bits per heavy atom. The first-order valence-electron chi connectivity index (χ1n) is 9.51. The minimum Gasteiger partial charge on any atom is -0.507 e. The van der Waals surface area contributed by atoms with Crippen molar-refractivity contribution in [3.05, 3.63) is 94.3 Å². The minimum atomic E-state index is -0.922. The standard InChI is InChI=1S/C24H16ClN3O4/c1-32-19-7-4-16(25)12-18(19)22(29)20-21(15-8-10-27-11-9-15)28(24(31)23(20)30)17-5-2-14(13-26)3-6-17/h2-12,21,29H,1H3/b22-20+. The van der Waals surface area contributed by atoms with E-state index in [0.29, 0.717) is 27.6 Å². The highest BCUT2D eigenvalue weighted by Crippen LogP contribution is 2.43. The van der Waals surface area contributed by atoms with Crippen molar-refractivity contribution >= 4 is 34.7 Å². The van der Waals surface area contributed by atoms with E-state index in [2.05, 4.69) is 4.98 Å². The molecule has 0 aliphatic carbocycles. The van der Waals surface area contributed by atoms with Crippen LogP contribution in [0.25, 0.3) is 5.76 Å². The minimum absolute atomic E-state index is 0.105. The van der Waals surface area contributed by atoms with Crippen molar-refractivity contribution in [1.29, 1.82) is 5.26 Å². The maximum absolute atomic E-state index is 13.1. The summed E-state index contributed by atoms with van der Waals surface area (Å²) < 4.78 is 5.32. The van der Waals surface area contributed by atoms with Crippen LogP contribution >= 0.6 is 11.6 Å². The molecule has 2 heterocycles. The molecule has 3 aromatic rings. The van der Waals surface area contributed by atoms with Gasteiger partial charge in [0.05, 0.1) is 35.9 Å². The van der Waals surface area contributed by atoms with E-state index in [-0.39, 0.29) is 11.1 Å². The first kappa shape index (κ1) is 21.1. The fraction of sp³-hybridized carbons (Fsp3) is 0.0833. The molecule has 32 heavy (non-hydrogen) atoms. The Labute approximate surface area is 188 Å². The van der Waals surface area contributed by atoms with Crippen molar-refractivity contribution in [1.82, 2.24) is 4.98 Å². The molecule has 0 saturated carbocycles. The van der Waals surface area contributed by atoms with E-state index in [1.165, 1.54) is 30.5 Å². The van der Waals surface area contributed by atoms with Crippen LogP contribution in [0.1, 0.15) is 22.7 Å². The molecule has 0 spiro atoms. The number of nitriles is 1. The second-order valence-electron chi connectivity index (χ2n) is 6.95. The molecule has 0 bridgehead atoms. The number of carbonyl (C=O) groups excluding carboxylic acids is 2. The van der Waals surface area contributed by atoms with Gasteiger partial charge < -0.3 is 9.84 Å². The quantitative estimate of drug-likeness (QED) is 0.366. The smallest absolute Gasteiger partial charge is 0.300 e. The zero-order valence-corrected chi connectivity index (χ0v) is 17.6. The molecule has 1 aliphatic heterocycles. The molecule has 1 N–H and O–H groups in total. The molecule has 1 unspecified atom stereocenters. The van der Waals surface area contributed by atoms with Crippen LogP contribution in [0.3, 0.4) is 0 Å². The Morgan fingerprint density at radius 2 is 1.81 bits per heavy atom. The normalized spacial score (nSPS) is 17.3. The van der Waals surface area contributed by atoms with Crippen LogP contribution < -0.4 is 9.64 Å². The number of Topliss-reactive ketones (excluding diaryl/α,β-unsaturated/α-hetero) is 1.